The van der Waals surface area contributed by atoms with E-state index in [9.17, 15) is 4.79 Å². The Morgan fingerprint density at radius 1 is 1.40 bits per heavy atom. The quantitative estimate of drug-likeness (QED) is 0.714. The van der Waals surface area contributed by atoms with Crippen LogP contribution in [-0.2, 0) is 6.42 Å². The predicted molar refractivity (Wildman–Crippen MR) is 56.6 cm³/mol. The molecule has 82 valence electrons. The Morgan fingerprint density at radius 3 is 2.60 bits per heavy atom. The van der Waals surface area contributed by atoms with Crippen molar-refractivity contribution in [2.24, 2.45) is 5.92 Å². The molecule has 0 saturated carbocycles. The van der Waals surface area contributed by atoms with Gasteiger partial charge in [0.2, 0.25) is 0 Å². The number of rotatable bonds is 6. The van der Waals surface area contributed by atoms with Crippen LogP contribution < -0.4 is 0 Å². The Balaban J connectivity index is 2.40. The van der Waals surface area contributed by atoms with Crippen molar-refractivity contribution in [3.8, 4) is 0 Å². The van der Waals surface area contributed by atoms with Crippen LogP contribution in [0, 0.1) is 5.92 Å². The second-order valence-electron chi connectivity index (χ2n) is 3.72. The minimum absolute atomic E-state index is 0.224. The molecule has 1 rings (SSSR count). The van der Waals surface area contributed by atoms with E-state index in [1.807, 2.05) is 0 Å². The van der Waals surface area contributed by atoms with Gasteiger partial charge in [0.05, 0.1) is 0 Å². The first-order valence-electron chi connectivity index (χ1n) is 5.13. The van der Waals surface area contributed by atoms with E-state index >= 15 is 0 Å². The molecule has 1 aromatic heterocycles. The number of aromatic nitrogens is 2. The van der Waals surface area contributed by atoms with Crippen LogP contribution in [0.15, 0.2) is 12.4 Å². The summed E-state index contributed by atoms with van der Waals surface area (Å²) in [5.74, 6) is 0.725. The molecular weight excluding hydrogens is 192 g/mol. The van der Waals surface area contributed by atoms with E-state index in [1.54, 1.807) is 12.4 Å². The van der Waals surface area contributed by atoms with E-state index in [1.165, 1.54) is 0 Å². The van der Waals surface area contributed by atoms with Gasteiger partial charge < -0.3 is 5.11 Å². The van der Waals surface area contributed by atoms with E-state index in [0.29, 0.717) is 12.2 Å². The molecule has 4 heteroatoms. The first-order valence-corrected chi connectivity index (χ1v) is 5.13. The minimum Gasteiger partial charge on any atom is -0.396 e. The van der Waals surface area contributed by atoms with Gasteiger partial charge in [0.15, 0.2) is 12.1 Å². The fourth-order valence-electron chi connectivity index (χ4n) is 1.33. The number of aliphatic hydroxyl groups is 1. The molecule has 4 nitrogen and oxygen atoms in total. The summed E-state index contributed by atoms with van der Waals surface area (Å²) in [4.78, 5) is 18.1. The number of carbonyl (C=O) groups excluding carboxylic acids is 1. The molecule has 0 aliphatic heterocycles. The molecule has 0 radical (unpaired) electrons. The van der Waals surface area contributed by atoms with Gasteiger partial charge in [0, 0.05) is 19.0 Å². The van der Waals surface area contributed by atoms with Crippen LogP contribution in [0.3, 0.4) is 0 Å². The summed E-state index contributed by atoms with van der Waals surface area (Å²) in [6.45, 7) is 2.35. The number of aryl methyl sites for hydroxylation is 1. The molecule has 1 heterocycles. The van der Waals surface area contributed by atoms with Crippen LogP contribution in [0.1, 0.15) is 35.9 Å². The van der Waals surface area contributed by atoms with E-state index in [0.717, 1.165) is 24.8 Å². The molecule has 0 fully saturated rings. The highest BCUT2D eigenvalue weighted by atomic mass is 16.3. The average Bonchev–Trinajstić information content (AvgIpc) is 2.27. The predicted octanol–water partition coefficient (Wildman–Crippen LogP) is 1.24. The molecule has 15 heavy (non-hydrogen) atoms. The highest BCUT2D eigenvalue weighted by molar-refractivity contribution is 5.68. The number of hydrogen-bond donors (Lipinski definition) is 1. The first kappa shape index (κ1) is 11.8. The molecular formula is C11H16N2O2. The van der Waals surface area contributed by atoms with Gasteiger partial charge in [-0.2, -0.15) is 0 Å². The Morgan fingerprint density at radius 2 is 2.07 bits per heavy atom. The lowest BCUT2D eigenvalue weighted by molar-refractivity contribution is 0.111. The molecule has 0 saturated heterocycles. The van der Waals surface area contributed by atoms with E-state index < -0.39 is 0 Å². The Hall–Kier alpha value is -1.29. The van der Waals surface area contributed by atoms with Crippen molar-refractivity contribution >= 4 is 6.29 Å². The number of hydrogen-bond acceptors (Lipinski definition) is 4. The smallest absolute Gasteiger partial charge is 0.192 e. The molecule has 0 amide bonds. The Kier molecular flexibility index (Phi) is 4.90. The minimum atomic E-state index is 0.224. The van der Waals surface area contributed by atoms with Gasteiger partial charge >= 0.3 is 0 Å². The summed E-state index contributed by atoms with van der Waals surface area (Å²) >= 11 is 0. The summed E-state index contributed by atoms with van der Waals surface area (Å²) in [7, 11) is 0. The number of carbonyl (C=O) groups is 1. The van der Waals surface area contributed by atoms with Crippen molar-refractivity contribution in [1.29, 1.82) is 0 Å². The third kappa shape index (κ3) is 4.16. The third-order valence-corrected chi connectivity index (χ3v) is 2.38. The zero-order chi connectivity index (χ0) is 11.1. The number of aliphatic hydroxyl groups excluding tert-OH is 1. The van der Waals surface area contributed by atoms with Gasteiger partial charge in [0.25, 0.3) is 0 Å². The van der Waals surface area contributed by atoms with Crippen LogP contribution in [0.4, 0.5) is 0 Å². The van der Waals surface area contributed by atoms with Gasteiger partial charge in [-0.1, -0.05) is 6.92 Å². The molecule has 0 aromatic carbocycles. The zero-order valence-electron chi connectivity index (χ0n) is 8.89. The van der Waals surface area contributed by atoms with E-state index in [2.05, 4.69) is 16.9 Å². The number of aldehydes is 1. The molecule has 1 N–H and O–H groups in total. The van der Waals surface area contributed by atoms with Crippen LogP contribution in [0.5, 0.6) is 0 Å². The number of nitrogens with zero attached hydrogens (tertiary/aromatic N) is 2. The maximum atomic E-state index is 10.3. The topological polar surface area (TPSA) is 63.1 Å². The van der Waals surface area contributed by atoms with E-state index in [4.69, 9.17) is 5.11 Å². The summed E-state index contributed by atoms with van der Waals surface area (Å²) in [5, 5.41) is 8.74. The lowest BCUT2D eigenvalue weighted by atomic mass is 10.00. The second-order valence-corrected chi connectivity index (χ2v) is 3.72. The maximum Gasteiger partial charge on any atom is 0.192 e. The third-order valence-electron chi connectivity index (χ3n) is 2.38. The fourth-order valence-corrected chi connectivity index (χ4v) is 1.33. The molecule has 0 aliphatic rings. The Bertz CT molecular complexity index is 298. The maximum absolute atomic E-state index is 10.3. The average molecular weight is 208 g/mol. The first-order chi connectivity index (χ1) is 7.26. The normalized spacial score (nSPS) is 12.4. The van der Waals surface area contributed by atoms with Crippen LogP contribution in [0.25, 0.3) is 0 Å². The van der Waals surface area contributed by atoms with Crippen LogP contribution >= 0.6 is 0 Å². The summed E-state index contributed by atoms with van der Waals surface area (Å²) in [6, 6.07) is 0. The van der Waals surface area contributed by atoms with Gasteiger partial charge in [0.1, 0.15) is 0 Å². The molecule has 0 bridgehead atoms. The standard InChI is InChI=1S/C11H16N2O2/c1-9(4-5-14)2-3-10-6-12-11(8-15)13-7-10/h6-9,14H,2-5H2,1H3/t9-/m0/s1. The summed E-state index contributed by atoms with van der Waals surface area (Å²) < 4.78 is 0. The van der Waals surface area contributed by atoms with Gasteiger partial charge in [-0.05, 0) is 30.7 Å². The van der Waals surface area contributed by atoms with Gasteiger partial charge in [-0.25, -0.2) is 9.97 Å². The zero-order valence-corrected chi connectivity index (χ0v) is 8.89. The lowest BCUT2D eigenvalue weighted by Gasteiger charge is -2.08. The van der Waals surface area contributed by atoms with Crippen molar-refractivity contribution in [1.82, 2.24) is 9.97 Å². The summed E-state index contributed by atoms with van der Waals surface area (Å²) in [6.07, 6.45) is 6.72. The molecule has 0 unspecified atom stereocenters. The lowest BCUT2D eigenvalue weighted by Crippen LogP contribution is -2.01. The summed E-state index contributed by atoms with van der Waals surface area (Å²) in [5.41, 5.74) is 1.03. The largest absolute Gasteiger partial charge is 0.396 e. The van der Waals surface area contributed by atoms with Crippen molar-refractivity contribution in [2.45, 2.75) is 26.2 Å². The molecule has 1 atom stereocenters. The van der Waals surface area contributed by atoms with Crippen molar-refractivity contribution in [2.75, 3.05) is 6.61 Å². The SMILES string of the molecule is C[C@H](CCO)CCc1cnc(C=O)nc1. The second kappa shape index (κ2) is 6.24. The van der Waals surface area contributed by atoms with Crippen molar-refractivity contribution in [3.05, 3.63) is 23.8 Å². The highest BCUT2D eigenvalue weighted by Gasteiger charge is 2.02. The molecule has 0 spiro atoms. The van der Waals surface area contributed by atoms with Crippen LogP contribution in [0.2, 0.25) is 0 Å². The van der Waals surface area contributed by atoms with E-state index in [-0.39, 0.29) is 12.4 Å². The van der Waals surface area contributed by atoms with Gasteiger partial charge in [-0.3, -0.25) is 4.79 Å². The van der Waals surface area contributed by atoms with Crippen molar-refractivity contribution in [3.63, 3.8) is 0 Å². The molecule has 1 aromatic rings. The fraction of sp³-hybridized carbons (Fsp3) is 0.545. The monoisotopic (exact) mass is 208 g/mol. The van der Waals surface area contributed by atoms with Crippen LogP contribution in [-0.4, -0.2) is 28.0 Å². The Labute approximate surface area is 89.4 Å². The highest BCUT2D eigenvalue weighted by Crippen LogP contribution is 2.10. The van der Waals surface area contributed by atoms with Crippen molar-refractivity contribution < 1.29 is 9.90 Å². The van der Waals surface area contributed by atoms with Gasteiger partial charge in [-0.15, -0.1) is 0 Å². The molecule has 0 aliphatic carbocycles.